The zero-order valence-electron chi connectivity index (χ0n) is 17.1. The van der Waals surface area contributed by atoms with Crippen LogP contribution in [0.2, 0.25) is 0 Å². The molecule has 9 heteroatoms. The Hall–Kier alpha value is -3.85. The van der Waals surface area contributed by atoms with E-state index >= 15 is 0 Å². The highest BCUT2D eigenvalue weighted by Gasteiger charge is 2.16. The summed E-state index contributed by atoms with van der Waals surface area (Å²) in [5.41, 5.74) is 4.90. The maximum absolute atomic E-state index is 5.50. The lowest BCUT2D eigenvalue weighted by atomic mass is 10.1. The first-order valence-electron chi connectivity index (χ1n) is 10.2. The van der Waals surface area contributed by atoms with Gasteiger partial charge in [0.05, 0.1) is 24.6 Å². The Kier molecular flexibility index (Phi) is 5.24. The number of aromatic nitrogens is 6. The highest BCUT2D eigenvalue weighted by molar-refractivity contribution is 5.77. The van der Waals surface area contributed by atoms with E-state index in [-0.39, 0.29) is 0 Å². The number of nitrogens with zero attached hydrogens (tertiary/aromatic N) is 7. The lowest BCUT2D eigenvalue weighted by Crippen LogP contribution is -2.36. The second-order valence-corrected chi connectivity index (χ2v) is 7.19. The summed E-state index contributed by atoms with van der Waals surface area (Å²) in [7, 11) is 0. The maximum atomic E-state index is 5.50. The first kappa shape index (κ1) is 19.1. The van der Waals surface area contributed by atoms with Gasteiger partial charge in [-0.05, 0) is 53.7 Å². The molecule has 1 saturated heterocycles. The summed E-state index contributed by atoms with van der Waals surface area (Å²) in [6.45, 7) is 5.09. The monoisotopic (exact) mass is 414 g/mol. The number of tetrazole rings is 1. The second-order valence-electron chi connectivity index (χ2n) is 7.19. The molecule has 1 N–H and O–H groups in total. The van der Waals surface area contributed by atoms with Crippen molar-refractivity contribution in [2.24, 2.45) is 0 Å². The Labute approximate surface area is 179 Å². The van der Waals surface area contributed by atoms with Gasteiger partial charge in [0.25, 0.3) is 0 Å². The molecule has 2 aromatic carbocycles. The molecule has 1 aliphatic heterocycles. The summed E-state index contributed by atoms with van der Waals surface area (Å²) in [4.78, 5) is 11.5. The highest BCUT2D eigenvalue weighted by atomic mass is 16.5. The van der Waals surface area contributed by atoms with Crippen molar-refractivity contribution >= 4 is 17.3 Å². The summed E-state index contributed by atoms with van der Waals surface area (Å²) >= 11 is 0. The minimum absolute atomic E-state index is 0.542. The molecule has 0 atom stereocenters. The van der Waals surface area contributed by atoms with Gasteiger partial charge in [-0.25, -0.2) is 9.97 Å². The fourth-order valence-corrected chi connectivity index (χ4v) is 3.62. The molecule has 31 heavy (non-hydrogen) atoms. The minimum atomic E-state index is 0.542. The van der Waals surface area contributed by atoms with Crippen LogP contribution < -0.4 is 10.2 Å². The first-order valence-corrected chi connectivity index (χ1v) is 10.2. The maximum Gasteiger partial charge on any atom is 0.227 e. The van der Waals surface area contributed by atoms with Gasteiger partial charge in [0.15, 0.2) is 5.82 Å². The van der Waals surface area contributed by atoms with Gasteiger partial charge in [0, 0.05) is 36.2 Å². The lowest BCUT2D eigenvalue weighted by molar-refractivity contribution is 0.123. The predicted octanol–water partition coefficient (Wildman–Crippen LogP) is 3.01. The Morgan fingerprint density at radius 1 is 0.968 bits per heavy atom. The lowest BCUT2D eigenvalue weighted by Gasteiger charge is -2.30. The number of benzene rings is 2. The molecule has 2 aromatic heterocycles. The van der Waals surface area contributed by atoms with Gasteiger partial charge in [-0.15, -0.1) is 5.10 Å². The van der Waals surface area contributed by atoms with E-state index in [0.29, 0.717) is 5.95 Å². The number of aryl methyl sites for hydroxylation is 1. The highest BCUT2D eigenvalue weighted by Crippen LogP contribution is 2.30. The average molecular weight is 414 g/mol. The number of anilines is 3. The molecule has 0 radical (unpaired) electrons. The molecule has 0 amide bonds. The van der Waals surface area contributed by atoms with E-state index in [4.69, 9.17) is 9.72 Å². The van der Waals surface area contributed by atoms with Crippen molar-refractivity contribution in [2.45, 2.75) is 6.92 Å². The van der Waals surface area contributed by atoms with E-state index in [1.807, 2.05) is 43.3 Å². The molecule has 5 rings (SSSR count). The smallest absolute Gasteiger partial charge is 0.227 e. The van der Waals surface area contributed by atoms with E-state index < -0.39 is 0 Å². The SMILES string of the molecule is Cc1nnnn1-c1ccc(Nc2nccc(-c3ccccc3N3CCOCC3)n2)cc1. The fraction of sp³-hybridized carbons (Fsp3) is 0.227. The Morgan fingerprint density at radius 2 is 1.77 bits per heavy atom. The van der Waals surface area contributed by atoms with E-state index in [9.17, 15) is 0 Å². The van der Waals surface area contributed by atoms with Crippen molar-refractivity contribution in [3.8, 4) is 16.9 Å². The average Bonchev–Trinajstić information content (AvgIpc) is 3.26. The third-order valence-electron chi connectivity index (χ3n) is 5.18. The van der Waals surface area contributed by atoms with Crippen molar-refractivity contribution < 1.29 is 4.74 Å². The molecule has 9 nitrogen and oxygen atoms in total. The molecule has 156 valence electrons. The topological polar surface area (TPSA) is 93.9 Å². The molecule has 0 unspecified atom stereocenters. The van der Waals surface area contributed by atoms with Gasteiger partial charge in [-0.1, -0.05) is 18.2 Å². The molecular weight excluding hydrogens is 392 g/mol. The van der Waals surface area contributed by atoms with Crippen molar-refractivity contribution in [1.29, 1.82) is 0 Å². The second kappa shape index (κ2) is 8.49. The van der Waals surface area contributed by atoms with E-state index in [1.165, 1.54) is 0 Å². The van der Waals surface area contributed by atoms with Crippen LogP contribution in [-0.2, 0) is 4.74 Å². The van der Waals surface area contributed by atoms with Crippen LogP contribution in [0.3, 0.4) is 0 Å². The third kappa shape index (κ3) is 4.08. The third-order valence-corrected chi connectivity index (χ3v) is 5.18. The Balaban J connectivity index is 1.38. The quantitative estimate of drug-likeness (QED) is 0.533. The van der Waals surface area contributed by atoms with Gasteiger partial charge in [-0.3, -0.25) is 0 Å². The van der Waals surface area contributed by atoms with Gasteiger partial charge >= 0.3 is 0 Å². The van der Waals surface area contributed by atoms with Gasteiger partial charge < -0.3 is 15.0 Å². The number of para-hydroxylation sites is 1. The molecular formula is C22H22N8O. The number of nitrogens with one attached hydrogen (secondary N) is 1. The van der Waals surface area contributed by atoms with Crippen LogP contribution in [0.15, 0.2) is 60.8 Å². The van der Waals surface area contributed by atoms with E-state index in [1.54, 1.807) is 10.9 Å². The van der Waals surface area contributed by atoms with Crippen LogP contribution >= 0.6 is 0 Å². The molecule has 0 saturated carbocycles. The summed E-state index contributed by atoms with van der Waals surface area (Å²) in [6.07, 6.45) is 1.78. The van der Waals surface area contributed by atoms with Crippen molar-refractivity contribution in [1.82, 2.24) is 30.2 Å². The number of hydrogen-bond acceptors (Lipinski definition) is 8. The van der Waals surface area contributed by atoms with Crippen LogP contribution in [0.5, 0.6) is 0 Å². The van der Waals surface area contributed by atoms with Crippen molar-refractivity contribution in [3.63, 3.8) is 0 Å². The molecule has 1 aliphatic rings. The number of morpholine rings is 1. The zero-order chi connectivity index (χ0) is 21.0. The standard InChI is InChI=1S/C22H22N8O/c1-16-26-27-28-30(16)18-8-6-17(7-9-18)24-22-23-11-10-20(25-22)19-4-2-3-5-21(19)29-12-14-31-15-13-29/h2-11H,12-15H2,1H3,(H,23,24,25). The predicted molar refractivity (Wildman–Crippen MR) is 118 cm³/mol. The number of hydrogen-bond donors (Lipinski definition) is 1. The molecule has 0 bridgehead atoms. The molecule has 3 heterocycles. The molecule has 0 spiro atoms. The summed E-state index contributed by atoms with van der Waals surface area (Å²) in [6, 6.07) is 18.1. The fourth-order valence-electron chi connectivity index (χ4n) is 3.62. The number of rotatable bonds is 5. The minimum Gasteiger partial charge on any atom is -0.378 e. The van der Waals surface area contributed by atoms with Crippen molar-refractivity contribution in [2.75, 3.05) is 36.5 Å². The van der Waals surface area contributed by atoms with Crippen LogP contribution in [0, 0.1) is 6.92 Å². The van der Waals surface area contributed by atoms with Crippen molar-refractivity contribution in [3.05, 3.63) is 66.6 Å². The number of ether oxygens (including phenoxy) is 1. The van der Waals surface area contributed by atoms with Gasteiger partial charge in [0.2, 0.25) is 5.95 Å². The van der Waals surface area contributed by atoms with Gasteiger partial charge in [0.1, 0.15) is 0 Å². The molecule has 4 aromatic rings. The molecule has 1 fully saturated rings. The van der Waals surface area contributed by atoms with Crippen LogP contribution in [0.1, 0.15) is 5.82 Å². The Bertz CT molecular complexity index is 1170. The van der Waals surface area contributed by atoms with Crippen LogP contribution in [0.25, 0.3) is 16.9 Å². The largest absolute Gasteiger partial charge is 0.378 e. The summed E-state index contributed by atoms with van der Waals surface area (Å²) in [5.74, 6) is 1.27. The summed E-state index contributed by atoms with van der Waals surface area (Å²) in [5, 5.41) is 14.9. The van der Waals surface area contributed by atoms with E-state index in [0.717, 1.165) is 60.4 Å². The van der Waals surface area contributed by atoms with Gasteiger partial charge in [-0.2, -0.15) is 4.68 Å². The van der Waals surface area contributed by atoms with Crippen LogP contribution in [-0.4, -0.2) is 56.5 Å². The Morgan fingerprint density at radius 3 is 2.55 bits per heavy atom. The molecule has 0 aliphatic carbocycles. The zero-order valence-corrected chi connectivity index (χ0v) is 17.1. The van der Waals surface area contributed by atoms with Crippen LogP contribution in [0.4, 0.5) is 17.3 Å². The summed E-state index contributed by atoms with van der Waals surface area (Å²) < 4.78 is 7.19. The van der Waals surface area contributed by atoms with E-state index in [2.05, 4.69) is 48.9 Å². The normalized spacial score (nSPS) is 13.9. The first-order chi connectivity index (χ1) is 15.3.